The quantitative estimate of drug-likeness (QED) is 0.805. The monoisotopic (exact) mass is 293 g/mol. The molecule has 0 aliphatic heterocycles. The molecular formula is C15H20BrN. The molecule has 0 saturated carbocycles. The van der Waals surface area contributed by atoms with Gasteiger partial charge >= 0.3 is 0 Å². The molecule has 17 heavy (non-hydrogen) atoms. The minimum absolute atomic E-state index is 0.402. The Morgan fingerprint density at radius 1 is 1.41 bits per heavy atom. The highest BCUT2D eigenvalue weighted by atomic mass is 79.9. The summed E-state index contributed by atoms with van der Waals surface area (Å²) in [6, 6.07) is 7.09. The summed E-state index contributed by atoms with van der Waals surface area (Å²) >= 11 is 3.63. The Morgan fingerprint density at radius 2 is 2.24 bits per heavy atom. The van der Waals surface area contributed by atoms with Crippen molar-refractivity contribution in [3.05, 3.63) is 45.4 Å². The lowest BCUT2D eigenvalue weighted by Crippen LogP contribution is -2.22. The molecule has 0 spiro atoms. The summed E-state index contributed by atoms with van der Waals surface area (Å²) in [5.74, 6) is 0. The smallest absolute Gasteiger partial charge is 0.0536 e. The zero-order chi connectivity index (χ0) is 12.3. The van der Waals surface area contributed by atoms with Crippen molar-refractivity contribution in [1.82, 2.24) is 5.32 Å². The molecule has 0 aromatic heterocycles. The Kier molecular flexibility index (Phi) is 4.41. The van der Waals surface area contributed by atoms with Crippen LogP contribution in [0.1, 0.15) is 43.4 Å². The van der Waals surface area contributed by atoms with Gasteiger partial charge in [0.15, 0.2) is 0 Å². The highest BCUT2D eigenvalue weighted by molar-refractivity contribution is 9.10. The first-order valence-corrected chi connectivity index (χ1v) is 7.20. The van der Waals surface area contributed by atoms with Crippen molar-refractivity contribution in [2.75, 3.05) is 6.54 Å². The topological polar surface area (TPSA) is 12.0 Å². The van der Waals surface area contributed by atoms with E-state index in [-0.39, 0.29) is 0 Å². The van der Waals surface area contributed by atoms with Gasteiger partial charge in [-0.25, -0.2) is 0 Å². The standard InChI is InChI=1S/C15H20BrN/c1-3-17-15(12-6-4-5-7-12)13-9-8-11(2)14(16)10-13/h6,8-10,15,17H,3-5,7H2,1-2H3. The summed E-state index contributed by atoms with van der Waals surface area (Å²) in [6.07, 6.45) is 6.19. The van der Waals surface area contributed by atoms with Crippen LogP contribution in [0.5, 0.6) is 0 Å². The van der Waals surface area contributed by atoms with Gasteiger partial charge in [-0.15, -0.1) is 0 Å². The molecule has 1 N–H and O–H groups in total. The fraction of sp³-hybridized carbons (Fsp3) is 0.467. The predicted octanol–water partition coefficient (Wildman–Crippen LogP) is 4.52. The first-order valence-electron chi connectivity index (χ1n) is 6.40. The summed E-state index contributed by atoms with van der Waals surface area (Å²) in [5.41, 5.74) is 4.23. The molecule has 0 fully saturated rings. The minimum atomic E-state index is 0.402. The van der Waals surface area contributed by atoms with E-state index in [9.17, 15) is 0 Å². The summed E-state index contributed by atoms with van der Waals surface area (Å²) in [4.78, 5) is 0. The van der Waals surface area contributed by atoms with E-state index in [0.717, 1.165) is 6.54 Å². The Labute approximate surface area is 112 Å². The Morgan fingerprint density at radius 3 is 2.82 bits per heavy atom. The summed E-state index contributed by atoms with van der Waals surface area (Å²) in [5, 5.41) is 3.60. The maximum atomic E-state index is 3.63. The zero-order valence-corrected chi connectivity index (χ0v) is 12.2. The second kappa shape index (κ2) is 5.83. The van der Waals surface area contributed by atoms with E-state index in [1.54, 1.807) is 5.57 Å². The molecule has 1 atom stereocenters. The van der Waals surface area contributed by atoms with Gasteiger partial charge in [0.25, 0.3) is 0 Å². The average Bonchev–Trinajstić information content (AvgIpc) is 2.83. The highest BCUT2D eigenvalue weighted by Gasteiger charge is 2.18. The fourth-order valence-corrected chi connectivity index (χ4v) is 2.81. The third kappa shape index (κ3) is 2.99. The van der Waals surface area contributed by atoms with Gasteiger partial charge in [0.2, 0.25) is 0 Å². The third-order valence-electron chi connectivity index (χ3n) is 3.38. The van der Waals surface area contributed by atoms with Crippen LogP contribution in [-0.2, 0) is 0 Å². The zero-order valence-electron chi connectivity index (χ0n) is 10.6. The lowest BCUT2D eigenvalue weighted by atomic mass is 9.97. The molecule has 0 radical (unpaired) electrons. The molecule has 1 aromatic rings. The largest absolute Gasteiger partial charge is 0.307 e. The number of allylic oxidation sites excluding steroid dienone is 1. The molecule has 1 nitrogen and oxygen atoms in total. The van der Waals surface area contributed by atoms with E-state index in [1.807, 2.05) is 0 Å². The molecule has 0 amide bonds. The van der Waals surface area contributed by atoms with E-state index in [2.05, 4.69) is 59.4 Å². The van der Waals surface area contributed by atoms with Gasteiger partial charge in [-0.3, -0.25) is 0 Å². The van der Waals surface area contributed by atoms with Gasteiger partial charge in [0, 0.05) is 4.47 Å². The first kappa shape index (κ1) is 12.8. The molecule has 0 bridgehead atoms. The predicted molar refractivity (Wildman–Crippen MR) is 77.2 cm³/mol. The molecule has 2 heteroatoms. The van der Waals surface area contributed by atoms with Crippen LogP contribution in [0, 0.1) is 6.92 Å². The van der Waals surface area contributed by atoms with Gasteiger partial charge in [-0.2, -0.15) is 0 Å². The number of aryl methyl sites for hydroxylation is 1. The SMILES string of the molecule is CCNC(C1=CCCC1)c1ccc(C)c(Br)c1. The number of hydrogen-bond acceptors (Lipinski definition) is 1. The van der Waals surface area contributed by atoms with E-state index in [4.69, 9.17) is 0 Å². The number of halogens is 1. The lowest BCUT2D eigenvalue weighted by Gasteiger charge is -2.20. The van der Waals surface area contributed by atoms with Crippen LogP contribution in [0.2, 0.25) is 0 Å². The summed E-state index contributed by atoms with van der Waals surface area (Å²) in [6.45, 7) is 5.31. The molecule has 92 valence electrons. The van der Waals surface area contributed by atoms with Crippen molar-refractivity contribution < 1.29 is 0 Å². The Hall–Kier alpha value is -0.600. The van der Waals surface area contributed by atoms with Crippen molar-refractivity contribution in [3.63, 3.8) is 0 Å². The average molecular weight is 294 g/mol. The number of rotatable bonds is 4. The molecule has 1 aliphatic rings. The number of hydrogen-bond donors (Lipinski definition) is 1. The molecule has 1 aliphatic carbocycles. The second-order valence-electron chi connectivity index (χ2n) is 4.67. The van der Waals surface area contributed by atoms with Crippen LogP contribution in [0.25, 0.3) is 0 Å². The first-order chi connectivity index (χ1) is 8.22. The van der Waals surface area contributed by atoms with Crippen LogP contribution >= 0.6 is 15.9 Å². The molecule has 0 heterocycles. The highest BCUT2D eigenvalue weighted by Crippen LogP contribution is 2.32. The van der Waals surface area contributed by atoms with Crippen molar-refractivity contribution in [1.29, 1.82) is 0 Å². The van der Waals surface area contributed by atoms with Crippen molar-refractivity contribution >= 4 is 15.9 Å². The lowest BCUT2D eigenvalue weighted by molar-refractivity contribution is 0.605. The van der Waals surface area contributed by atoms with E-state index >= 15 is 0 Å². The third-order valence-corrected chi connectivity index (χ3v) is 4.24. The van der Waals surface area contributed by atoms with Gasteiger partial charge in [0.05, 0.1) is 6.04 Å². The van der Waals surface area contributed by atoms with Gasteiger partial charge in [0.1, 0.15) is 0 Å². The summed E-state index contributed by atoms with van der Waals surface area (Å²) in [7, 11) is 0. The molecule has 1 unspecified atom stereocenters. The number of likely N-dealkylation sites (N-methyl/N-ethyl adjacent to an activating group) is 1. The van der Waals surface area contributed by atoms with Crippen LogP contribution in [0.4, 0.5) is 0 Å². The van der Waals surface area contributed by atoms with Crippen LogP contribution in [-0.4, -0.2) is 6.54 Å². The van der Waals surface area contributed by atoms with Crippen LogP contribution < -0.4 is 5.32 Å². The Bertz CT molecular complexity index is 423. The maximum absolute atomic E-state index is 3.63. The van der Waals surface area contributed by atoms with E-state index in [0.29, 0.717) is 6.04 Å². The van der Waals surface area contributed by atoms with E-state index < -0.39 is 0 Å². The normalized spacial score (nSPS) is 17.0. The number of nitrogens with one attached hydrogen (secondary N) is 1. The van der Waals surface area contributed by atoms with E-state index in [1.165, 1.54) is 34.9 Å². The summed E-state index contributed by atoms with van der Waals surface area (Å²) < 4.78 is 1.21. The maximum Gasteiger partial charge on any atom is 0.0536 e. The molecule has 1 aromatic carbocycles. The minimum Gasteiger partial charge on any atom is -0.307 e. The molecular weight excluding hydrogens is 274 g/mol. The molecule has 2 rings (SSSR count). The van der Waals surface area contributed by atoms with Crippen molar-refractivity contribution in [3.8, 4) is 0 Å². The van der Waals surface area contributed by atoms with Gasteiger partial charge < -0.3 is 5.32 Å². The van der Waals surface area contributed by atoms with Crippen LogP contribution in [0.3, 0.4) is 0 Å². The second-order valence-corrected chi connectivity index (χ2v) is 5.52. The van der Waals surface area contributed by atoms with Crippen molar-refractivity contribution in [2.24, 2.45) is 0 Å². The Balaban J connectivity index is 2.28. The fourth-order valence-electron chi connectivity index (χ4n) is 2.41. The van der Waals surface area contributed by atoms with Crippen molar-refractivity contribution in [2.45, 2.75) is 39.2 Å². The van der Waals surface area contributed by atoms with Gasteiger partial charge in [-0.1, -0.05) is 46.6 Å². The van der Waals surface area contributed by atoms with Crippen LogP contribution in [0.15, 0.2) is 34.3 Å². The molecule has 0 saturated heterocycles. The number of benzene rings is 1. The van der Waals surface area contributed by atoms with Gasteiger partial charge in [-0.05, 0) is 49.9 Å².